The highest BCUT2D eigenvalue weighted by atomic mass is 127. The van der Waals surface area contributed by atoms with Gasteiger partial charge in [-0.05, 0) is 22.6 Å². The van der Waals surface area contributed by atoms with E-state index < -0.39 is 47.5 Å². The Bertz CT molecular complexity index is 475. The van der Waals surface area contributed by atoms with E-state index in [9.17, 15) is 61.5 Å². The van der Waals surface area contributed by atoms with E-state index in [0.29, 0.717) is 22.6 Å². The minimum atomic E-state index is -7.03. The van der Waals surface area contributed by atoms with E-state index in [1.165, 1.54) is 0 Å². The lowest BCUT2D eigenvalue weighted by Crippen LogP contribution is -2.56. The molecule has 0 aliphatic heterocycles. The second-order valence-corrected chi connectivity index (χ2v) is 5.42. The van der Waals surface area contributed by atoms with Gasteiger partial charge in [-0.2, -0.15) is 39.9 Å². The van der Waals surface area contributed by atoms with Crippen molar-refractivity contribution < 1.29 is 75.7 Å². The molecule has 0 rings (SSSR count). The molecular formula is C8H3F14IO3. The Morgan fingerprint density at radius 2 is 1.00 bits per heavy atom. The monoisotopic (exact) mass is 540 g/mol. The maximum Gasteiger partial charge on any atom is 0.529 e. The zero-order valence-electron chi connectivity index (χ0n) is 11.2. The molecular weight excluding hydrogens is 537 g/mol. The largest absolute Gasteiger partial charge is 0.529 e. The van der Waals surface area contributed by atoms with Crippen molar-refractivity contribution in [2.24, 2.45) is 0 Å². The van der Waals surface area contributed by atoms with E-state index >= 15 is 0 Å². The van der Waals surface area contributed by atoms with Crippen LogP contribution < -0.4 is 0 Å². The van der Waals surface area contributed by atoms with Crippen molar-refractivity contribution in [2.75, 3.05) is 0 Å². The number of ether oxygens (including phenoxy) is 3. The summed E-state index contributed by atoms with van der Waals surface area (Å²) in [5.41, 5.74) is 0. The molecule has 1 unspecified atom stereocenters. The second-order valence-electron chi connectivity index (χ2n) is 4.07. The molecule has 0 N–H and O–H groups in total. The number of hydrogen-bond donors (Lipinski definition) is 0. The smallest absolute Gasteiger partial charge is 0.243 e. The van der Waals surface area contributed by atoms with Gasteiger partial charge in [-0.25, -0.2) is 13.9 Å². The zero-order valence-corrected chi connectivity index (χ0v) is 13.3. The summed E-state index contributed by atoms with van der Waals surface area (Å²) in [5.74, 6) is -5.85. The van der Waals surface area contributed by atoms with E-state index in [0.717, 1.165) is 0 Å². The summed E-state index contributed by atoms with van der Waals surface area (Å²) in [6, 6.07) is 0. The molecule has 0 aromatic rings. The van der Waals surface area contributed by atoms with Gasteiger partial charge in [0, 0.05) is 0 Å². The topological polar surface area (TPSA) is 27.7 Å². The van der Waals surface area contributed by atoms with Crippen LogP contribution in [0.25, 0.3) is 0 Å². The SMILES string of the molecule is FC(I)CC(F)(F)C(F)(F)OC(F)(F)C(F)(F)OC(F)(F)OC(F)(F)F. The van der Waals surface area contributed by atoms with Crippen molar-refractivity contribution in [3.05, 3.63) is 0 Å². The van der Waals surface area contributed by atoms with E-state index in [2.05, 4.69) is 0 Å². The van der Waals surface area contributed by atoms with Crippen LogP contribution in [0.3, 0.4) is 0 Å². The molecule has 0 aromatic carbocycles. The lowest BCUT2D eigenvalue weighted by atomic mass is 10.2. The lowest BCUT2D eigenvalue weighted by Gasteiger charge is -2.33. The minimum Gasteiger partial charge on any atom is -0.243 e. The summed E-state index contributed by atoms with van der Waals surface area (Å²) < 4.78 is 176. The molecule has 0 saturated heterocycles. The van der Waals surface area contributed by atoms with Crippen molar-refractivity contribution >= 4 is 22.6 Å². The number of halogens is 15. The highest BCUT2D eigenvalue weighted by Gasteiger charge is 2.72. The fourth-order valence-electron chi connectivity index (χ4n) is 0.972. The standard InChI is InChI=1S/C8H3F14IO3/c9-2(23)1-3(10,11)4(12,13)24-5(14,15)6(16,17)25-8(21,22)26-7(18,19)20/h2H,1H2. The maximum atomic E-state index is 12.9. The summed E-state index contributed by atoms with van der Waals surface area (Å²) in [7, 11) is 0. The van der Waals surface area contributed by atoms with Gasteiger partial charge in [0.25, 0.3) is 0 Å². The quantitative estimate of drug-likeness (QED) is 0.164. The molecule has 0 saturated carbocycles. The normalized spacial score (nSPS) is 16.7. The first-order chi connectivity index (χ1) is 11.0. The third-order valence-electron chi connectivity index (χ3n) is 1.91. The van der Waals surface area contributed by atoms with Gasteiger partial charge in [-0.3, -0.25) is 0 Å². The van der Waals surface area contributed by atoms with E-state index in [1.807, 2.05) is 0 Å². The first-order valence-electron chi connectivity index (χ1n) is 5.38. The van der Waals surface area contributed by atoms with Gasteiger partial charge >= 0.3 is 36.9 Å². The molecule has 26 heavy (non-hydrogen) atoms. The molecule has 0 aliphatic rings. The Labute approximate surface area is 146 Å². The fraction of sp³-hybridized carbons (Fsp3) is 1.00. The van der Waals surface area contributed by atoms with Crippen LogP contribution in [-0.2, 0) is 14.2 Å². The first kappa shape index (κ1) is 25.6. The average molecular weight is 540 g/mol. The average Bonchev–Trinajstić information content (AvgIpc) is 2.18. The second kappa shape index (κ2) is 7.57. The maximum absolute atomic E-state index is 12.9. The van der Waals surface area contributed by atoms with Gasteiger partial charge < -0.3 is 0 Å². The fourth-order valence-corrected chi connectivity index (χ4v) is 1.52. The molecule has 0 heterocycles. The molecule has 0 fully saturated rings. The third-order valence-corrected chi connectivity index (χ3v) is 2.35. The Kier molecular flexibility index (Phi) is 7.46. The van der Waals surface area contributed by atoms with Gasteiger partial charge in [0.1, 0.15) is 0 Å². The van der Waals surface area contributed by atoms with Gasteiger partial charge in [0.2, 0.25) is 0 Å². The molecule has 0 bridgehead atoms. The predicted molar refractivity (Wildman–Crippen MR) is 57.6 cm³/mol. The van der Waals surface area contributed by atoms with Gasteiger partial charge in [-0.1, -0.05) is 0 Å². The predicted octanol–water partition coefficient (Wildman–Crippen LogP) is 5.64. The summed E-state index contributed by atoms with van der Waals surface area (Å²) in [6.07, 6.45) is -36.1. The van der Waals surface area contributed by atoms with Crippen molar-refractivity contribution in [1.82, 2.24) is 0 Å². The van der Waals surface area contributed by atoms with Gasteiger partial charge in [-0.15, -0.1) is 22.0 Å². The molecule has 158 valence electrons. The first-order valence-corrected chi connectivity index (χ1v) is 6.63. The number of alkyl halides is 15. The molecule has 1 atom stereocenters. The molecule has 18 heteroatoms. The summed E-state index contributed by atoms with van der Waals surface area (Å²) in [6.45, 7) is 0. The summed E-state index contributed by atoms with van der Waals surface area (Å²) in [5, 5.41) is 0. The molecule has 0 amide bonds. The van der Waals surface area contributed by atoms with Crippen LogP contribution in [0.5, 0.6) is 0 Å². The highest BCUT2D eigenvalue weighted by molar-refractivity contribution is 14.1. The molecule has 0 aromatic heterocycles. The van der Waals surface area contributed by atoms with Crippen LogP contribution in [0.4, 0.5) is 61.5 Å². The van der Waals surface area contributed by atoms with Crippen molar-refractivity contribution in [2.45, 2.75) is 47.5 Å². The van der Waals surface area contributed by atoms with E-state index in [-0.39, 0.29) is 0 Å². The highest BCUT2D eigenvalue weighted by Crippen LogP contribution is 2.49. The summed E-state index contributed by atoms with van der Waals surface area (Å²) in [4.78, 5) is 0. The molecule has 3 nitrogen and oxygen atoms in total. The molecule has 0 spiro atoms. The summed E-state index contributed by atoms with van der Waals surface area (Å²) >= 11 is 0.473. The van der Waals surface area contributed by atoms with Crippen LogP contribution in [0.1, 0.15) is 6.42 Å². The van der Waals surface area contributed by atoms with Crippen LogP contribution in [-0.4, -0.2) is 41.1 Å². The molecule has 0 aliphatic carbocycles. The van der Waals surface area contributed by atoms with Crippen LogP contribution in [0, 0.1) is 0 Å². The van der Waals surface area contributed by atoms with E-state index in [4.69, 9.17) is 0 Å². The lowest BCUT2D eigenvalue weighted by molar-refractivity contribution is -0.580. The van der Waals surface area contributed by atoms with Gasteiger partial charge in [0.05, 0.1) is 6.42 Å². The van der Waals surface area contributed by atoms with Crippen LogP contribution in [0.15, 0.2) is 0 Å². The zero-order chi connectivity index (χ0) is 21.4. The van der Waals surface area contributed by atoms with Crippen LogP contribution in [0.2, 0.25) is 0 Å². The number of hydrogen-bond acceptors (Lipinski definition) is 3. The van der Waals surface area contributed by atoms with E-state index in [1.54, 1.807) is 14.2 Å². The van der Waals surface area contributed by atoms with Gasteiger partial charge in [0.15, 0.2) is 4.18 Å². The molecule has 0 radical (unpaired) electrons. The van der Waals surface area contributed by atoms with Crippen molar-refractivity contribution in [3.63, 3.8) is 0 Å². The Morgan fingerprint density at radius 3 is 1.35 bits per heavy atom. The Morgan fingerprint density at radius 1 is 0.615 bits per heavy atom. The Balaban J connectivity index is 5.46. The minimum absolute atomic E-state index is 0.473. The number of rotatable bonds is 9. The van der Waals surface area contributed by atoms with Crippen molar-refractivity contribution in [3.8, 4) is 0 Å². The third kappa shape index (κ3) is 7.33. The van der Waals surface area contributed by atoms with Crippen LogP contribution >= 0.6 is 22.6 Å². The Hall–Kier alpha value is -0.370. The van der Waals surface area contributed by atoms with Crippen molar-refractivity contribution in [1.29, 1.82) is 0 Å².